The van der Waals surface area contributed by atoms with Crippen LogP contribution in [0.15, 0.2) is 27.7 Å². The molecule has 0 unspecified atom stereocenters. The first-order valence-electron chi connectivity index (χ1n) is 5.71. The van der Waals surface area contributed by atoms with Crippen LogP contribution in [0, 0.1) is 6.92 Å². The fraction of sp³-hybridized carbons (Fsp3) is 0.417. The zero-order chi connectivity index (χ0) is 12.7. The Morgan fingerprint density at radius 2 is 2.24 bits per heavy atom. The first-order valence-corrected chi connectivity index (χ1v) is 6.51. The van der Waals surface area contributed by atoms with Crippen molar-refractivity contribution in [2.45, 2.75) is 26.7 Å². The molecule has 0 heterocycles. The van der Waals surface area contributed by atoms with E-state index in [9.17, 15) is 0 Å². The zero-order valence-corrected chi connectivity index (χ0v) is 11.8. The molecule has 4 nitrogen and oxygen atoms in total. The molecular weight excluding hydrogens is 280 g/mol. The van der Waals surface area contributed by atoms with E-state index >= 15 is 0 Å². The first-order chi connectivity index (χ1) is 8.17. The Hall–Kier alpha value is -1.07. The van der Waals surface area contributed by atoms with Crippen LogP contribution in [0.5, 0.6) is 0 Å². The summed E-state index contributed by atoms with van der Waals surface area (Å²) in [6.07, 6.45) is 2.18. The van der Waals surface area contributed by atoms with Crippen molar-refractivity contribution in [3.63, 3.8) is 0 Å². The third-order valence-electron chi connectivity index (χ3n) is 2.29. The lowest BCUT2D eigenvalue weighted by atomic mass is 10.2. The summed E-state index contributed by atoms with van der Waals surface area (Å²) in [5, 5.41) is 3.16. The van der Waals surface area contributed by atoms with Crippen LogP contribution in [-0.2, 0) is 0 Å². The highest BCUT2D eigenvalue weighted by atomic mass is 79.9. The number of nitrogens with zero attached hydrogens (tertiary/aromatic N) is 1. The largest absolute Gasteiger partial charge is 0.324 e. The van der Waals surface area contributed by atoms with E-state index < -0.39 is 0 Å². The molecule has 0 atom stereocenters. The van der Waals surface area contributed by atoms with E-state index in [0.717, 1.165) is 29.5 Å². The van der Waals surface area contributed by atoms with Crippen LogP contribution in [0.3, 0.4) is 0 Å². The molecule has 0 spiro atoms. The Balaban J connectivity index is 2.73. The second-order valence-corrected chi connectivity index (χ2v) is 4.69. The third kappa shape index (κ3) is 4.75. The first kappa shape index (κ1) is 14.0. The lowest BCUT2D eigenvalue weighted by molar-refractivity contribution is 0.801. The second-order valence-electron chi connectivity index (χ2n) is 3.84. The van der Waals surface area contributed by atoms with Gasteiger partial charge in [-0.1, -0.05) is 19.4 Å². The molecule has 1 aromatic rings. The van der Waals surface area contributed by atoms with E-state index in [1.807, 2.05) is 25.1 Å². The smallest absolute Gasteiger partial charge is 0.210 e. The molecule has 94 valence electrons. The molecule has 1 rings (SSSR count). The van der Waals surface area contributed by atoms with E-state index in [0.29, 0.717) is 5.96 Å². The molecule has 4 N–H and O–H groups in total. The van der Waals surface area contributed by atoms with Gasteiger partial charge in [-0.25, -0.2) is 5.84 Å². The van der Waals surface area contributed by atoms with Gasteiger partial charge in [0.05, 0.1) is 5.69 Å². The molecule has 0 aliphatic rings. The highest BCUT2D eigenvalue weighted by Crippen LogP contribution is 2.23. The van der Waals surface area contributed by atoms with Crippen LogP contribution in [0.2, 0.25) is 0 Å². The summed E-state index contributed by atoms with van der Waals surface area (Å²) >= 11 is 3.48. The van der Waals surface area contributed by atoms with Crippen molar-refractivity contribution in [2.75, 3.05) is 11.9 Å². The maximum Gasteiger partial charge on any atom is 0.210 e. The number of nitrogens with two attached hydrogens (primary N) is 1. The lowest BCUT2D eigenvalue weighted by Crippen LogP contribution is -2.36. The van der Waals surface area contributed by atoms with Crippen molar-refractivity contribution in [1.82, 2.24) is 5.43 Å². The Bertz CT molecular complexity index is 390. The Morgan fingerprint density at radius 1 is 1.47 bits per heavy atom. The van der Waals surface area contributed by atoms with Gasteiger partial charge in [0, 0.05) is 11.0 Å². The molecule has 0 bridgehead atoms. The number of rotatable bonds is 4. The van der Waals surface area contributed by atoms with Gasteiger partial charge in [0.2, 0.25) is 5.96 Å². The van der Waals surface area contributed by atoms with Crippen LogP contribution >= 0.6 is 15.9 Å². The van der Waals surface area contributed by atoms with Crippen LogP contribution in [-0.4, -0.2) is 12.5 Å². The summed E-state index contributed by atoms with van der Waals surface area (Å²) < 4.78 is 0.988. The zero-order valence-electron chi connectivity index (χ0n) is 10.3. The van der Waals surface area contributed by atoms with E-state index in [-0.39, 0.29) is 0 Å². The molecule has 0 aliphatic heterocycles. The van der Waals surface area contributed by atoms with Crippen molar-refractivity contribution in [2.24, 2.45) is 10.8 Å². The normalized spacial score (nSPS) is 11.4. The van der Waals surface area contributed by atoms with Gasteiger partial charge in [-0.05, 0) is 47.0 Å². The summed E-state index contributed by atoms with van der Waals surface area (Å²) in [5.41, 5.74) is 4.71. The molecule has 17 heavy (non-hydrogen) atoms. The number of hydrogen-bond acceptors (Lipinski definition) is 2. The van der Waals surface area contributed by atoms with Gasteiger partial charge in [0.1, 0.15) is 0 Å². The Labute approximate surface area is 111 Å². The molecule has 0 aliphatic carbocycles. The monoisotopic (exact) mass is 298 g/mol. The van der Waals surface area contributed by atoms with Crippen molar-refractivity contribution in [3.05, 3.63) is 28.2 Å². The Kier molecular flexibility index (Phi) is 6.00. The van der Waals surface area contributed by atoms with Crippen molar-refractivity contribution in [3.8, 4) is 0 Å². The van der Waals surface area contributed by atoms with E-state index in [1.165, 1.54) is 5.56 Å². The average molecular weight is 299 g/mol. The summed E-state index contributed by atoms with van der Waals surface area (Å²) in [6, 6.07) is 6.08. The molecule has 0 saturated heterocycles. The lowest BCUT2D eigenvalue weighted by Gasteiger charge is -2.11. The number of hydrogen-bond donors (Lipinski definition) is 3. The van der Waals surface area contributed by atoms with E-state index in [1.54, 1.807) is 0 Å². The average Bonchev–Trinajstić information content (AvgIpc) is 2.32. The molecule has 1 aromatic carbocycles. The van der Waals surface area contributed by atoms with Gasteiger partial charge in [-0.2, -0.15) is 0 Å². The molecule has 0 amide bonds. The van der Waals surface area contributed by atoms with Gasteiger partial charge >= 0.3 is 0 Å². The van der Waals surface area contributed by atoms with E-state index in [4.69, 9.17) is 5.84 Å². The van der Waals surface area contributed by atoms with Crippen LogP contribution in [0.4, 0.5) is 5.69 Å². The number of guanidine groups is 1. The summed E-state index contributed by atoms with van der Waals surface area (Å²) in [4.78, 5) is 4.35. The van der Waals surface area contributed by atoms with Crippen LogP contribution < -0.4 is 16.6 Å². The number of nitrogens with one attached hydrogen (secondary N) is 2. The number of aryl methyl sites for hydroxylation is 1. The summed E-state index contributed by atoms with van der Waals surface area (Å²) in [7, 11) is 0. The predicted molar refractivity (Wildman–Crippen MR) is 77.0 cm³/mol. The Morgan fingerprint density at radius 3 is 2.88 bits per heavy atom. The van der Waals surface area contributed by atoms with Gasteiger partial charge < -0.3 is 5.32 Å². The molecule has 5 heteroatoms. The minimum atomic E-state index is 0.588. The third-order valence-corrected chi connectivity index (χ3v) is 2.98. The maximum absolute atomic E-state index is 5.43. The van der Waals surface area contributed by atoms with Crippen LogP contribution in [0.1, 0.15) is 25.3 Å². The fourth-order valence-electron chi connectivity index (χ4n) is 1.33. The van der Waals surface area contributed by atoms with Crippen molar-refractivity contribution in [1.29, 1.82) is 0 Å². The molecule has 0 fully saturated rings. The quantitative estimate of drug-likeness (QED) is 0.263. The minimum Gasteiger partial charge on any atom is -0.324 e. The van der Waals surface area contributed by atoms with Gasteiger partial charge in [0.15, 0.2) is 0 Å². The van der Waals surface area contributed by atoms with Gasteiger partial charge in [0.25, 0.3) is 0 Å². The van der Waals surface area contributed by atoms with Crippen LogP contribution in [0.25, 0.3) is 0 Å². The number of unbranched alkanes of at least 4 members (excludes halogenated alkanes) is 1. The minimum absolute atomic E-state index is 0.588. The van der Waals surface area contributed by atoms with Crippen molar-refractivity contribution >= 4 is 27.6 Å². The molecular formula is C12H19BrN4. The second kappa shape index (κ2) is 7.29. The summed E-state index contributed by atoms with van der Waals surface area (Å²) in [5.74, 6) is 6.02. The SMILES string of the molecule is CCCCN=C(NN)Nc1cc(C)ccc1Br. The molecule has 0 radical (unpaired) electrons. The van der Waals surface area contributed by atoms with Crippen molar-refractivity contribution < 1.29 is 0 Å². The standard InChI is InChI=1S/C12H19BrN4/c1-3-4-7-15-12(17-14)16-11-8-9(2)5-6-10(11)13/h5-6,8H,3-4,7,14H2,1-2H3,(H2,15,16,17). The van der Waals surface area contributed by atoms with Gasteiger partial charge in [-0.15, -0.1) is 0 Å². The number of anilines is 1. The molecule has 0 saturated carbocycles. The number of hydrazine groups is 1. The maximum atomic E-state index is 5.43. The number of halogens is 1. The fourth-order valence-corrected chi connectivity index (χ4v) is 1.68. The predicted octanol–water partition coefficient (Wildman–Crippen LogP) is 2.79. The molecule has 0 aromatic heterocycles. The topological polar surface area (TPSA) is 62.4 Å². The highest BCUT2D eigenvalue weighted by molar-refractivity contribution is 9.10. The number of aliphatic imine (C=N–C) groups is 1. The van der Waals surface area contributed by atoms with E-state index in [2.05, 4.69) is 38.6 Å². The highest BCUT2D eigenvalue weighted by Gasteiger charge is 2.02. The number of benzene rings is 1. The van der Waals surface area contributed by atoms with Gasteiger partial charge in [-0.3, -0.25) is 10.4 Å². The summed E-state index contributed by atoms with van der Waals surface area (Å²) in [6.45, 7) is 4.95.